The van der Waals surface area contributed by atoms with Crippen molar-refractivity contribution < 1.29 is 0 Å². The number of thiazole rings is 1. The third-order valence-corrected chi connectivity index (χ3v) is 2.88. The number of rotatable bonds is 1. The molecule has 0 aliphatic rings. The molecule has 0 radical (unpaired) electrons. The van der Waals surface area contributed by atoms with Gasteiger partial charge >= 0.3 is 0 Å². The van der Waals surface area contributed by atoms with Gasteiger partial charge in [-0.05, 0) is 12.1 Å². The SMILES string of the molecule is c1ccc2nc(-c3cscn3)ccc2c1. The van der Waals surface area contributed by atoms with Crippen LogP contribution in [0.15, 0.2) is 47.3 Å². The van der Waals surface area contributed by atoms with Gasteiger partial charge in [0.25, 0.3) is 0 Å². The fourth-order valence-electron chi connectivity index (χ4n) is 1.55. The standard InChI is InChI=1S/C12H8N2S/c1-2-4-10-9(3-1)5-6-11(14-10)12-7-15-8-13-12/h1-8H. The zero-order chi connectivity index (χ0) is 10.1. The van der Waals surface area contributed by atoms with E-state index in [0.717, 1.165) is 22.3 Å². The summed E-state index contributed by atoms with van der Waals surface area (Å²) in [6.07, 6.45) is 0. The molecule has 1 aromatic carbocycles. The number of aromatic nitrogens is 2. The lowest BCUT2D eigenvalue weighted by Gasteiger charge is -1.99. The molecule has 0 bridgehead atoms. The first-order valence-electron chi connectivity index (χ1n) is 4.68. The van der Waals surface area contributed by atoms with Crippen molar-refractivity contribution in [3.63, 3.8) is 0 Å². The molecule has 0 amide bonds. The first kappa shape index (κ1) is 8.56. The van der Waals surface area contributed by atoms with E-state index in [1.165, 1.54) is 0 Å². The number of hydrogen-bond donors (Lipinski definition) is 0. The average Bonchev–Trinajstić information content (AvgIpc) is 2.82. The lowest BCUT2D eigenvalue weighted by atomic mass is 10.2. The van der Waals surface area contributed by atoms with E-state index in [9.17, 15) is 0 Å². The fourth-order valence-corrected chi connectivity index (χ4v) is 2.09. The molecule has 0 unspecified atom stereocenters. The molecule has 2 nitrogen and oxygen atoms in total. The van der Waals surface area contributed by atoms with Crippen LogP contribution in [0.1, 0.15) is 0 Å². The van der Waals surface area contributed by atoms with Crippen molar-refractivity contribution in [1.82, 2.24) is 9.97 Å². The number of benzene rings is 1. The van der Waals surface area contributed by atoms with E-state index >= 15 is 0 Å². The maximum atomic E-state index is 4.56. The van der Waals surface area contributed by atoms with Gasteiger partial charge in [-0.2, -0.15) is 0 Å². The van der Waals surface area contributed by atoms with E-state index in [0.29, 0.717) is 0 Å². The van der Waals surface area contributed by atoms with Crippen LogP contribution < -0.4 is 0 Å². The Morgan fingerprint density at radius 2 is 1.87 bits per heavy atom. The molecule has 3 aromatic rings. The molecule has 0 fully saturated rings. The highest BCUT2D eigenvalue weighted by Gasteiger charge is 2.01. The Balaban J connectivity index is 2.22. The van der Waals surface area contributed by atoms with Gasteiger partial charge in [0.05, 0.1) is 22.4 Å². The van der Waals surface area contributed by atoms with Gasteiger partial charge in [-0.1, -0.05) is 24.3 Å². The van der Waals surface area contributed by atoms with Crippen molar-refractivity contribution in [2.45, 2.75) is 0 Å². The number of fused-ring (bicyclic) bond motifs is 1. The highest BCUT2D eigenvalue weighted by Crippen LogP contribution is 2.20. The second-order valence-electron chi connectivity index (χ2n) is 3.26. The number of hydrogen-bond acceptors (Lipinski definition) is 3. The third-order valence-electron chi connectivity index (χ3n) is 2.29. The second-order valence-corrected chi connectivity index (χ2v) is 3.98. The summed E-state index contributed by atoms with van der Waals surface area (Å²) in [7, 11) is 0. The summed E-state index contributed by atoms with van der Waals surface area (Å²) in [5.41, 5.74) is 4.73. The maximum absolute atomic E-state index is 4.56. The van der Waals surface area contributed by atoms with Gasteiger partial charge < -0.3 is 0 Å². The lowest BCUT2D eigenvalue weighted by Crippen LogP contribution is -1.84. The molecule has 2 heterocycles. The van der Waals surface area contributed by atoms with Crippen molar-refractivity contribution in [1.29, 1.82) is 0 Å². The smallest absolute Gasteiger partial charge is 0.0995 e. The van der Waals surface area contributed by atoms with Crippen LogP contribution in [0.25, 0.3) is 22.3 Å². The molecule has 0 atom stereocenters. The predicted molar refractivity (Wildman–Crippen MR) is 62.9 cm³/mol. The molecule has 2 aromatic heterocycles. The number of pyridine rings is 1. The van der Waals surface area contributed by atoms with Crippen molar-refractivity contribution in [3.8, 4) is 11.4 Å². The summed E-state index contributed by atoms with van der Waals surface area (Å²) in [5, 5.41) is 3.17. The van der Waals surface area contributed by atoms with Crippen LogP contribution in [0.4, 0.5) is 0 Å². The van der Waals surface area contributed by atoms with Crippen LogP contribution in [0, 0.1) is 0 Å². The van der Waals surface area contributed by atoms with Crippen LogP contribution in [0.5, 0.6) is 0 Å². The Labute approximate surface area is 91.2 Å². The summed E-state index contributed by atoms with van der Waals surface area (Å²) in [5.74, 6) is 0. The lowest BCUT2D eigenvalue weighted by molar-refractivity contribution is 1.33. The van der Waals surface area contributed by atoms with Gasteiger partial charge in [-0.25, -0.2) is 9.97 Å². The third kappa shape index (κ3) is 1.51. The number of para-hydroxylation sites is 1. The van der Waals surface area contributed by atoms with E-state index in [1.54, 1.807) is 11.3 Å². The monoisotopic (exact) mass is 212 g/mol. The largest absolute Gasteiger partial charge is 0.246 e. The zero-order valence-corrected chi connectivity index (χ0v) is 8.74. The van der Waals surface area contributed by atoms with E-state index in [-0.39, 0.29) is 0 Å². The van der Waals surface area contributed by atoms with Gasteiger partial charge in [-0.3, -0.25) is 0 Å². The molecule has 3 heteroatoms. The quantitative estimate of drug-likeness (QED) is 0.618. The fraction of sp³-hybridized carbons (Fsp3) is 0. The van der Waals surface area contributed by atoms with Crippen molar-refractivity contribution in [2.75, 3.05) is 0 Å². The highest BCUT2D eigenvalue weighted by atomic mass is 32.1. The Morgan fingerprint density at radius 1 is 0.933 bits per heavy atom. The minimum atomic E-state index is 0.940. The van der Waals surface area contributed by atoms with E-state index in [1.807, 2.05) is 35.2 Å². The van der Waals surface area contributed by atoms with Gasteiger partial charge in [0, 0.05) is 10.8 Å². The molecule has 0 N–H and O–H groups in total. The topological polar surface area (TPSA) is 25.8 Å². The Morgan fingerprint density at radius 3 is 2.73 bits per heavy atom. The minimum absolute atomic E-state index is 0.940. The maximum Gasteiger partial charge on any atom is 0.0995 e. The molecule has 72 valence electrons. The summed E-state index contributed by atoms with van der Waals surface area (Å²) >= 11 is 1.59. The molecule has 0 saturated carbocycles. The van der Waals surface area contributed by atoms with Gasteiger partial charge in [0.15, 0.2) is 0 Å². The first-order valence-corrected chi connectivity index (χ1v) is 5.62. The first-order chi connectivity index (χ1) is 7.43. The molecule has 0 saturated heterocycles. The van der Waals surface area contributed by atoms with Crippen LogP contribution in [-0.4, -0.2) is 9.97 Å². The summed E-state index contributed by atoms with van der Waals surface area (Å²) in [6.45, 7) is 0. The Hall–Kier alpha value is -1.74. The highest BCUT2D eigenvalue weighted by molar-refractivity contribution is 7.07. The summed E-state index contributed by atoms with van der Waals surface area (Å²) in [6, 6.07) is 12.2. The Bertz CT molecular complexity index is 587. The van der Waals surface area contributed by atoms with Crippen LogP contribution in [0.3, 0.4) is 0 Å². The van der Waals surface area contributed by atoms with Gasteiger partial charge in [0.2, 0.25) is 0 Å². The number of nitrogens with zero attached hydrogens (tertiary/aromatic N) is 2. The molecular formula is C12H8N2S. The van der Waals surface area contributed by atoms with E-state index < -0.39 is 0 Å². The second kappa shape index (κ2) is 3.44. The summed E-state index contributed by atoms with van der Waals surface area (Å²) < 4.78 is 0. The Kier molecular flexibility index (Phi) is 1.96. The molecular weight excluding hydrogens is 204 g/mol. The van der Waals surface area contributed by atoms with Crippen LogP contribution in [0.2, 0.25) is 0 Å². The normalized spacial score (nSPS) is 10.7. The molecule has 3 rings (SSSR count). The molecule has 0 spiro atoms. The van der Waals surface area contributed by atoms with E-state index in [2.05, 4.69) is 22.1 Å². The molecule has 0 aliphatic carbocycles. The van der Waals surface area contributed by atoms with Crippen LogP contribution >= 0.6 is 11.3 Å². The van der Waals surface area contributed by atoms with Gasteiger partial charge in [0.1, 0.15) is 0 Å². The predicted octanol–water partition coefficient (Wildman–Crippen LogP) is 3.36. The molecule has 0 aliphatic heterocycles. The average molecular weight is 212 g/mol. The van der Waals surface area contributed by atoms with E-state index in [4.69, 9.17) is 0 Å². The van der Waals surface area contributed by atoms with Crippen molar-refractivity contribution in [2.24, 2.45) is 0 Å². The minimum Gasteiger partial charge on any atom is -0.246 e. The summed E-state index contributed by atoms with van der Waals surface area (Å²) in [4.78, 5) is 8.81. The van der Waals surface area contributed by atoms with Crippen molar-refractivity contribution >= 4 is 22.2 Å². The zero-order valence-electron chi connectivity index (χ0n) is 7.92. The van der Waals surface area contributed by atoms with Gasteiger partial charge in [-0.15, -0.1) is 11.3 Å². The van der Waals surface area contributed by atoms with Crippen molar-refractivity contribution in [3.05, 3.63) is 47.3 Å². The van der Waals surface area contributed by atoms with Crippen LogP contribution in [-0.2, 0) is 0 Å². The molecule has 15 heavy (non-hydrogen) atoms.